The third-order valence-electron chi connectivity index (χ3n) is 3.40. The van der Waals surface area contributed by atoms with Gasteiger partial charge in [0, 0.05) is 28.5 Å². The van der Waals surface area contributed by atoms with Crippen LogP contribution in [0, 0.1) is 0 Å². The van der Waals surface area contributed by atoms with Crippen LogP contribution in [0.3, 0.4) is 0 Å². The zero-order valence-corrected chi connectivity index (χ0v) is 15.7. The van der Waals surface area contributed by atoms with Crippen LogP contribution in [0.15, 0.2) is 54.7 Å². The molecule has 0 saturated carbocycles. The van der Waals surface area contributed by atoms with E-state index in [0.717, 1.165) is 6.20 Å². The number of ketones is 2. The molecule has 0 aliphatic heterocycles. The smallest absolute Gasteiger partial charge is 0.340 e. The number of alkyl halides is 3. The van der Waals surface area contributed by atoms with Gasteiger partial charge in [0.25, 0.3) is 5.78 Å². The van der Waals surface area contributed by atoms with Crippen LogP contribution >= 0.6 is 34.8 Å². The van der Waals surface area contributed by atoms with Crippen molar-refractivity contribution in [1.82, 2.24) is 0 Å². The number of nitrogens with zero attached hydrogens (tertiary/aromatic N) is 1. The number of benzene rings is 2. The van der Waals surface area contributed by atoms with Gasteiger partial charge in [-0.3, -0.25) is 9.59 Å². The molecule has 0 unspecified atom stereocenters. The number of carbonyl (C=O) groups excluding carboxylic acids is 2. The second-order valence-corrected chi connectivity index (χ2v) is 6.58. The minimum absolute atomic E-state index is 0.170. The quantitative estimate of drug-likeness (QED) is 0.413. The highest BCUT2D eigenvalue weighted by Crippen LogP contribution is 2.24. The van der Waals surface area contributed by atoms with E-state index < -0.39 is 17.7 Å². The molecule has 0 heterocycles. The Labute approximate surface area is 167 Å². The Kier molecular flexibility index (Phi) is 6.92. The summed E-state index contributed by atoms with van der Waals surface area (Å²) in [4.78, 5) is 24.8. The monoisotopic (exact) mass is 435 g/mol. The van der Waals surface area contributed by atoms with Crippen LogP contribution in [0.25, 0.3) is 0 Å². The van der Waals surface area contributed by atoms with E-state index in [1.165, 1.54) is 47.4 Å². The van der Waals surface area contributed by atoms with Gasteiger partial charge in [-0.25, -0.2) is 0 Å². The molecule has 2 rings (SSSR count). The molecule has 142 valence electrons. The number of hydrogen-bond donors (Lipinski definition) is 0. The Balaban J connectivity index is 2.30. The second kappa shape index (κ2) is 8.78. The van der Waals surface area contributed by atoms with Gasteiger partial charge < -0.3 is 4.90 Å². The lowest BCUT2D eigenvalue weighted by molar-refractivity contribution is -0.165. The molecular weight excluding hydrogens is 426 g/mol. The van der Waals surface area contributed by atoms with E-state index in [1.807, 2.05) is 0 Å². The van der Waals surface area contributed by atoms with E-state index in [1.54, 1.807) is 0 Å². The van der Waals surface area contributed by atoms with E-state index in [0.29, 0.717) is 16.8 Å². The number of hydrogen-bond acceptors (Lipinski definition) is 3. The van der Waals surface area contributed by atoms with Gasteiger partial charge in [0.2, 0.25) is 0 Å². The Morgan fingerprint density at radius 3 is 2.15 bits per heavy atom. The van der Waals surface area contributed by atoms with Crippen LogP contribution in [0.1, 0.15) is 10.4 Å². The minimum atomic E-state index is -5.00. The summed E-state index contributed by atoms with van der Waals surface area (Å²) in [6.45, 7) is -0.332. The molecule has 0 spiro atoms. The van der Waals surface area contributed by atoms with Crippen molar-refractivity contribution in [2.24, 2.45) is 0 Å². The third kappa shape index (κ3) is 5.99. The number of anilines is 1. The average molecular weight is 437 g/mol. The van der Waals surface area contributed by atoms with E-state index in [-0.39, 0.29) is 22.2 Å². The topological polar surface area (TPSA) is 37.4 Å². The predicted octanol–water partition coefficient (Wildman–Crippen LogP) is 5.98. The number of halogens is 6. The molecule has 27 heavy (non-hydrogen) atoms. The Hall–Kier alpha value is -2.02. The maximum Gasteiger partial charge on any atom is 0.454 e. The van der Waals surface area contributed by atoms with Crippen molar-refractivity contribution in [1.29, 1.82) is 0 Å². The minimum Gasteiger partial charge on any atom is -0.340 e. The van der Waals surface area contributed by atoms with Crippen LogP contribution in [0.4, 0.5) is 18.9 Å². The van der Waals surface area contributed by atoms with Crippen molar-refractivity contribution in [2.45, 2.75) is 6.18 Å². The van der Waals surface area contributed by atoms with Gasteiger partial charge in [0.1, 0.15) is 0 Å². The van der Waals surface area contributed by atoms with Gasteiger partial charge >= 0.3 is 6.18 Å². The first-order valence-corrected chi connectivity index (χ1v) is 8.51. The average Bonchev–Trinajstić information content (AvgIpc) is 2.60. The van der Waals surface area contributed by atoms with Crippen molar-refractivity contribution in [2.75, 3.05) is 11.4 Å². The molecule has 9 heteroatoms. The second-order valence-electron chi connectivity index (χ2n) is 5.33. The highest BCUT2D eigenvalue weighted by Gasteiger charge is 2.36. The molecule has 2 aromatic rings. The summed E-state index contributed by atoms with van der Waals surface area (Å²) < 4.78 is 37.3. The number of Topliss-reactive ketones (excluding diaryl/α,β-unsaturated/α-hetero) is 1. The first-order valence-electron chi connectivity index (χ1n) is 7.38. The lowest BCUT2D eigenvalue weighted by Crippen LogP contribution is -2.26. The van der Waals surface area contributed by atoms with Gasteiger partial charge in [0.15, 0.2) is 5.78 Å². The summed E-state index contributed by atoms with van der Waals surface area (Å²) in [5, 5.41) is 0.839. The lowest BCUT2D eigenvalue weighted by atomic mass is 10.1. The standard InChI is InChI=1S/C18H11Cl3F3NO2/c19-12-2-4-13(5-3-12)25(8-7-17(27)18(22,23)24)10-16(26)11-1-6-14(20)15(21)9-11/h1-9H,10H2/b8-7+. The molecule has 3 nitrogen and oxygen atoms in total. The van der Waals surface area contributed by atoms with E-state index in [2.05, 4.69) is 0 Å². The molecule has 0 N–H and O–H groups in total. The molecule has 0 aromatic heterocycles. The van der Waals surface area contributed by atoms with Crippen LogP contribution < -0.4 is 4.90 Å². The number of rotatable bonds is 6. The van der Waals surface area contributed by atoms with Crippen molar-refractivity contribution in [3.63, 3.8) is 0 Å². The zero-order valence-electron chi connectivity index (χ0n) is 13.4. The molecule has 2 aromatic carbocycles. The number of allylic oxidation sites excluding steroid dienone is 1. The van der Waals surface area contributed by atoms with E-state index >= 15 is 0 Å². The van der Waals surface area contributed by atoms with Crippen molar-refractivity contribution >= 4 is 52.1 Å². The molecule has 0 bridgehead atoms. The van der Waals surface area contributed by atoms with Crippen LogP contribution in [0.5, 0.6) is 0 Å². The third-order valence-corrected chi connectivity index (χ3v) is 4.39. The summed E-state index contributed by atoms with van der Waals surface area (Å²) in [6.07, 6.45) is -3.75. The van der Waals surface area contributed by atoms with E-state index in [9.17, 15) is 22.8 Å². The molecule has 0 atom stereocenters. The zero-order chi connectivity index (χ0) is 20.2. The normalized spacial score (nSPS) is 11.6. The van der Waals surface area contributed by atoms with Crippen LogP contribution in [-0.2, 0) is 4.79 Å². The Bertz CT molecular complexity index is 880. The molecule has 0 aliphatic rings. The van der Waals surface area contributed by atoms with Gasteiger partial charge in [-0.2, -0.15) is 13.2 Å². The van der Waals surface area contributed by atoms with Gasteiger partial charge in [-0.1, -0.05) is 34.8 Å². The largest absolute Gasteiger partial charge is 0.454 e. The Morgan fingerprint density at radius 1 is 0.963 bits per heavy atom. The van der Waals surface area contributed by atoms with Gasteiger partial charge in [-0.05, 0) is 42.5 Å². The summed E-state index contributed by atoms with van der Waals surface area (Å²) >= 11 is 17.5. The molecule has 0 saturated heterocycles. The SMILES string of the molecule is O=C(CN(/C=C/C(=O)C(F)(F)F)c1ccc(Cl)cc1)c1ccc(Cl)c(Cl)c1. The first-order chi connectivity index (χ1) is 12.6. The Morgan fingerprint density at radius 2 is 1.59 bits per heavy atom. The van der Waals surface area contributed by atoms with Crippen molar-refractivity contribution in [3.8, 4) is 0 Å². The van der Waals surface area contributed by atoms with Crippen LogP contribution in [0.2, 0.25) is 15.1 Å². The van der Waals surface area contributed by atoms with Crippen molar-refractivity contribution < 1.29 is 22.8 Å². The fourth-order valence-corrected chi connectivity index (χ4v) is 2.45. The van der Waals surface area contributed by atoms with Crippen LogP contribution in [-0.4, -0.2) is 24.3 Å². The molecule has 0 fully saturated rings. The summed E-state index contributed by atoms with van der Waals surface area (Å²) in [5.74, 6) is -2.48. The van der Waals surface area contributed by atoms with Crippen molar-refractivity contribution in [3.05, 3.63) is 75.4 Å². The predicted molar refractivity (Wildman–Crippen MR) is 99.8 cm³/mol. The molecule has 0 radical (unpaired) electrons. The summed E-state index contributed by atoms with van der Waals surface area (Å²) in [7, 11) is 0. The maximum absolute atomic E-state index is 12.5. The number of carbonyl (C=O) groups is 2. The van der Waals surface area contributed by atoms with E-state index in [4.69, 9.17) is 34.8 Å². The summed E-state index contributed by atoms with van der Waals surface area (Å²) in [5.41, 5.74) is 0.595. The highest BCUT2D eigenvalue weighted by molar-refractivity contribution is 6.42. The van der Waals surface area contributed by atoms with Gasteiger partial charge in [0.05, 0.1) is 16.6 Å². The summed E-state index contributed by atoms with van der Waals surface area (Å²) in [6, 6.07) is 10.3. The first kappa shape index (κ1) is 21.3. The molecule has 0 aliphatic carbocycles. The molecular formula is C18H11Cl3F3NO2. The molecule has 0 amide bonds. The maximum atomic E-state index is 12.5. The van der Waals surface area contributed by atoms with Gasteiger partial charge in [-0.15, -0.1) is 0 Å². The lowest BCUT2D eigenvalue weighted by Gasteiger charge is -2.20. The highest BCUT2D eigenvalue weighted by atomic mass is 35.5. The fraction of sp³-hybridized carbons (Fsp3) is 0.111. The fourth-order valence-electron chi connectivity index (χ4n) is 2.03.